The Morgan fingerprint density at radius 3 is 2.17 bits per heavy atom. The van der Waals surface area contributed by atoms with Gasteiger partial charge in [-0.3, -0.25) is 25.0 Å². The number of nitrogens with one attached hydrogen (secondary N) is 1. The molecule has 0 saturated carbocycles. The number of hydrogen-bond donors (Lipinski definition) is 1. The van der Waals surface area contributed by atoms with Crippen LogP contribution in [0.15, 0.2) is 34.5 Å². The molecular weight excluding hydrogens is 591 g/mol. The predicted molar refractivity (Wildman–Crippen MR) is 140 cm³/mol. The number of carbonyl (C=O) groups excluding carboxylic acids is 1. The van der Waals surface area contributed by atoms with Crippen LogP contribution in [0.1, 0.15) is 6.92 Å². The number of methoxy groups -OCH3 is 3. The van der Waals surface area contributed by atoms with Gasteiger partial charge in [-0.25, -0.2) is 0 Å². The number of ether oxygens (including phenoxy) is 3. The number of anilines is 2. The van der Waals surface area contributed by atoms with Crippen LogP contribution in [0.25, 0.3) is 0 Å². The minimum atomic E-state index is -0.772. The third-order valence-corrected chi connectivity index (χ3v) is 5.59. The molecule has 2 aromatic rings. The Labute approximate surface area is 220 Å². The molecule has 15 heteroatoms. The maximum Gasteiger partial charge on any atom is 0.304 e. The highest BCUT2D eigenvalue weighted by Crippen LogP contribution is 2.41. The number of benzene rings is 2. The van der Waals surface area contributed by atoms with Crippen molar-refractivity contribution < 1.29 is 28.9 Å². The van der Waals surface area contributed by atoms with Gasteiger partial charge in [-0.1, -0.05) is 0 Å². The lowest BCUT2D eigenvalue weighted by molar-refractivity contribution is -0.393. The molecule has 1 N–H and O–H groups in total. The summed E-state index contributed by atoms with van der Waals surface area (Å²) in [6.45, 7) is 3.17. The Kier molecular flexibility index (Phi) is 10.9. The number of halogens is 1. The van der Waals surface area contributed by atoms with E-state index in [2.05, 4.69) is 15.5 Å². The van der Waals surface area contributed by atoms with Crippen molar-refractivity contribution in [3.63, 3.8) is 0 Å². The molecule has 2 rings (SSSR count). The van der Waals surface area contributed by atoms with E-state index in [0.717, 1.165) is 12.1 Å². The van der Waals surface area contributed by atoms with E-state index in [0.29, 0.717) is 37.7 Å². The molecule has 2 aromatic carbocycles. The minimum absolute atomic E-state index is 0.159. The topological polar surface area (TPSA) is 171 Å². The number of amides is 1. The van der Waals surface area contributed by atoms with Crippen molar-refractivity contribution in [1.82, 2.24) is 0 Å². The maximum absolute atomic E-state index is 11.9. The van der Waals surface area contributed by atoms with Crippen molar-refractivity contribution in [3.05, 3.63) is 48.1 Å². The Balaban J connectivity index is 2.64. The summed E-state index contributed by atoms with van der Waals surface area (Å²) in [5.41, 5.74) is -0.112. The van der Waals surface area contributed by atoms with Crippen LogP contribution in [0, 0.1) is 23.8 Å². The quantitative estimate of drug-likeness (QED) is 0.146. The monoisotopic (exact) mass is 616 g/mol. The van der Waals surface area contributed by atoms with Crippen LogP contribution in [-0.4, -0.2) is 63.4 Å². The van der Waals surface area contributed by atoms with E-state index < -0.39 is 21.2 Å². The highest BCUT2D eigenvalue weighted by molar-refractivity contribution is 14.1. The molecule has 0 spiro atoms. The van der Waals surface area contributed by atoms with Gasteiger partial charge in [-0.05, 0) is 28.7 Å². The zero-order chi connectivity index (χ0) is 26.8. The number of nitro groups is 2. The van der Waals surface area contributed by atoms with Gasteiger partial charge in [0.2, 0.25) is 5.91 Å². The first-order valence-electron chi connectivity index (χ1n) is 10.4. The molecule has 0 heterocycles. The summed E-state index contributed by atoms with van der Waals surface area (Å²) in [6, 6.07) is 5.15. The number of nitro benzene ring substituents is 2. The summed E-state index contributed by atoms with van der Waals surface area (Å²) in [7, 11) is 4.63. The highest BCUT2D eigenvalue weighted by Gasteiger charge is 2.24. The minimum Gasteiger partial charge on any atom is -0.494 e. The number of non-ortho nitro benzene ring substituents is 1. The lowest BCUT2D eigenvalue weighted by atomic mass is 10.2. The molecule has 0 aliphatic carbocycles. The molecule has 194 valence electrons. The summed E-state index contributed by atoms with van der Waals surface area (Å²) in [4.78, 5) is 35.0. The summed E-state index contributed by atoms with van der Waals surface area (Å²) < 4.78 is 16.1. The van der Waals surface area contributed by atoms with Gasteiger partial charge in [0.15, 0.2) is 5.69 Å². The molecule has 0 aliphatic heterocycles. The van der Waals surface area contributed by atoms with Crippen molar-refractivity contribution in [2.24, 2.45) is 10.2 Å². The molecule has 1 amide bonds. The molecule has 14 nitrogen and oxygen atoms in total. The average Bonchev–Trinajstić information content (AvgIpc) is 2.82. The molecule has 0 fully saturated rings. The Morgan fingerprint density at radius 1 is 1.03 bits per heavy atom. The molecule has 0 atom stereocenters. The van der Waals surface area contributed by atoms with Crippen LogP contribution in [0.3, 0.4) is 0 Å². The van der Waals surface area contributed by atoms with Gasteiger partial charge in [-0.2, -0.15) is 0 Å². The normalized spacial score (nSPS) is 10.9. The van der Waals surface area contributed by atoms with Gasteiger partial charge in [0.25, 0.3) is 5.69 Å². The number of carbonyl (C=O) groups is 1. The summed E-state index contributed by atoms with van der Waals surface area (Å²) in [5, 5.41) is 33.5. The summed E-state index contributed by atoms with van der Waals surface area (Å²) in [5.74, 6) is 0.0250. The molecule has 0 unspecified atom stereocenters. The fraction of sp³-hybridized carbons (Fsp3) is 0.381. The van der Waals surface area contributed by atoms with E-state index in [1.54, 1.807) is 42.9 Å². The lowest BCUT2D eigenvalue weighted by Crippen LogP contribution is -2.31. The standard InChI is InChI=1S/C21H25IN6O8/c1-13(29)23-16-11-18(26(5-7-34-2)6-8-35-3)20(36-4)12-17(16)24-25-21-15(22)9-14(27(30)31)10-19(21)28(32)33/h9-12H,5-8H2,1-4H3,(H,23,29). The Bertz CT molecular complexity index is 1150. The zero-order valence-corrected chi connectivity index (χ0v) is 22.2. The van der Waals surface area contributed by atoms with Crippen LogP contribution < -0.4 is 15.0 Å². The van der Waals surface area contributed by atoms with Crippen LogP contribution >= 0.6 is 22.6 Å². The zero-order valence-electron chi connectivity index (χ0n) is 20.0. The van der Waals surface area contributed by atoms with Crippen molar-refractivity contribution >= 4 is 62.6 Å². The fourth-order valence-corrected chi connectivity index (χ4v) is 3.82. The molecule has 0 aromatic heterocycles. The van der Waals surface area contributed by atoms with Gasteiger partial charge in [0.1, 0.15) is 11.4 Å². The van der Waals surface area contributed by atoms with E-state index in [4.69, 9.17) is 14.2 Å². The van der Waals surface area contributed by atoms with Crippen molar-refractivity contribution in [3.8, 4) is 5.75 Å². The van der Waals surface area contributed by atoms with Crippen LogP contribution in [0.4, 0.5) is 34.1 Å². The molecule has 0 radical (unpaired) electrons. The number of hydrogen-bond acceptors (Lipinski definition) is 11. The second-order valence-electron chi connectivity index (χ2n) is 7.20. The number of rotatable bonds is 13. The van der Waals surface area contributed by atoms with Crippen LogP contribution in [0.2, 0.25) is 0 Å². The van der Waals surface area contributed by atoms with Crippen molar-refractivity contribution in [2.75, 3.05) is 57.8 Å². The largest absolute Gasteiger partial charge is 0.494 e. The smallest absolute Gasteiger partial charge is 0.304 e. The molecular formula is C21H25IN6O8. The van der Waals surface area contributed by atoms with E-state index >= 15 is 0 Å². The SMILES string of the molecule is COCCN(CCOC)c1cc(NC(C)=O)c(N=Nc2c(I)cc([N+](=O)[O-])cc2[N+](=O)[O-])cc1OC. The number of azo groups is 1. The average molecular weight is 616 g/mol. The third kappa shape index (κ3) is 7.53. The second-order valence-corrected chi connectivity index (χ2v) is 8.37. The first-order valence-corrected chi connectivity index (χ1v) is 11.5. The van der Waals surface area contributed by atoms with E-state index in [1.807, 2.05) is 4.90 Å². The van der Waals surface area contributed by atoms with Crippen LogP contribution in [0.5, 0.6) is 5.75 Å². The Hall–Kier alpha value is -3.44. The Morgan fingerprint density at radius 2 is 1.67 bits per heavy atom. The van der Waals surface area contributed by atoms with Gasteiger partial charge in [0, 0.05) is 46.4 Å². The van der Waals surface area contributed by atoms with Gasteiger partial charge in [0.05, 0.1) is 51.2 Å². The molecule has 0 bridgehead atoms. The van der Waals surface area contributed by atoms with E-state index in [-0.39, 0.29) is 26.5 Å². The third-order valence-electron chi connectivity index (χ3n) is 4.77. The first-order chi connectivity index (χ1) is 17.1. The highest BCUT2D eigenvalue weighted by atomic mass is 127. The molecule has 36 heavy (non-hydrogen) atoms. The van der Waals surface area contributed by atoms with Crippen molar-refractivity contribution in [1.29, 1.82) is 0 Å². The molecule has 0 aliphatic rings. The van der Waals surface area contributed by atoms with Crippen molar-refractivity contribution in [2.45, 2.75) is 6.92 Å². The summed E-state index contributed by atoms with van der Waals surface area (Å²) in [6.07, 6.45) is 0. The fourth-order valence-electron chi connectivity index (χ4n) is 3.11. The first kappa shape index (κ1) is 28.8. The van der Waals surface area contributed by atoms with E-state index in [1.165, 1.54) is 20.1 Å². The van der Waals surface area contributed by atoms with Crippen LogP contribution in [-0.2, 0) is 14.3 Å². The van der Waals surface area contributed by atoms with Gasteiger partial charge in [-0.15, -0.1) is 10.2 Å². The second kappa shape index (κ2) is 13.6. The maximum atomic E-state index is 11.9. The lowest BCUT2D eigenvalue weighted by Gasteiger charge is -2.27. The van der Waals surface area contributed by atoms with E-state index in [9.17, 15) is 25.0 Å². The van der Waals surface area contributed by atoms with Gasteiger partial charge < -0.3 is 24.4 Å². The molecule has 0 saturated heterocycles. The predicted octanol–water partition coefficient (Wildman–Crippen LogP) is 4.59. The van der Waals surface area contributed by atoms with Gasteiger partial charge >= 0.3 is 5.69 Å². The number of nitrogens with zero attached hydrogens (tertiary/aromatic N) is 5. The summed E-state index contributed by atoms with van der Waals surface area (Å²) >= 11 is 1.72.